The molecule has 0 aliphatic rings. The highest BCUT2D eigenvalue weighted by Crippen LogP contribution is 2.27. The number of nitrogens with zero attached hydrogens (tertiary/aromatic N) is 5. The summed E-state index contributed by atoms with van der Waals surface area (Å²) in [5, 5.41) is 8.93. The summed E-state index contributed by atoms with van der Waals surface area (Å²) in [5.74, 6) is 0.843. The Morgan fingerprint density at radius 1 is 1.00 bits per heavy atom. The number of rotatable bonds is 7. The lowest BCUT2D eigenvalue weighted by Gasteiger charge is -2.09. The largest absolute Gasteiger partial charge is 0.366 e. The lowest BCUT2D eigenvalue weighted by molar-refractivity contribution is 0.613. The van der Waals surface area contributed by atoms with Crippen LogP contribution in [0.15, 0.2) is 79.5 Å². The normalized spacial score (nSPS) is 11.0. The molecule has 3 heterocycles. The van der Waals surface area contributed by atoms with Crippen LogP contribution < -0.4 is 5.32 Å². The average molecular weight is 451 g/mol. The molecule has 168 valence electrons. The predicted octanol–water partition coefficient (Wildman–Crippen LogP) is 5.64. The van der Waals surface area contributed by atoms with Gasteiger partial charge in [0, 0.05) is 30.1 Å². The number of aromatic nitrogens is 5. The van der Waals surface area contributed by atoms with Gasteiger partial charge in [-0.25, -0.2) is 24.0 Å². The standard InChI is InChI=1S/C27H23FN6/c1-3-19-9-4-5-11-21(19)17-34-27-22(12-8-14-29-27)25(33-34)26-31-18(2)15-24(32-26)30-16-20-10-6-7-13-23(20)28/h3-15H,1,16-17H2,2H3,(H,30,31,32). The van der Waals surface area contributed by atoms with Crippen molar-refractivity contribution >= 4 is 22.9 Å². The van der Waals surface area contributed by atoms with Gasteiger partial charge in [-0.15, -0.1) is 0 Å². The molecule has 0 amide bonds. The number of aryl methyl sites for hydroxylation is 1. The Bertz CT molecular complexity index is 1490. The monoisotopic (exact) mass is 450 g/mol. The maximum absolute atomic E-state index is 14.0. The van der Waals surface area contributed by atoms with Crippen LogP contribution in [0.3, 0.4) is 0 Å². The Kier molecular flexibility index (Phi) is 5.82. The molecular weight excluding hydrogens is 427 g/mol. The molecule has 7 heteroatoms. The summed E-state index contributed by atoms with van der Waals surface area (Å²) in [6, 6.07) is 20.4. The van der Waals surface area contributed by atoms with E-state index in [1.807, 2.05) is 60.1 Å². The summed E-state index contributed by atoms with van der Waals surface area (Å²) in [5.41, 5.74) is 4.90. The molecule has 0 fully saturated rings. The first-order valence-corrected chi connectivity index (χ1v) is 11.0. The predicted molar refractivity (Wildman–Crippen MR) is 133 cm³/mol. The lowest BCUT2D eigenvalue weighted by Crippen LogP contribution is -2.06. The van der Waals surface area contributed by atoms with E-state index >= 15 is 0 Å². The zero-order valence-corrected chi connectivity index (χ0v) is 18.7. The minimum absolute atomic E-state index is 0.253. The highest BCUT2D eigenvalue weighted by molar-refractivity contribution is 5.89. The van der Waals surface area contributed by atoms with Gasteiger partial charge in [-0.3, -0.25) is 0 Å². The molecular formula is C27H23FN6. The third-order valence-corrected chi connectivity index (χ3v) is 5.59. The molecule has 3 aromatic heterocycles. The van der Waals surface area contributed by atoms with Crippen LogP contribution in [0.4, 0.5) is 10.2 Å². The van der Waals surface area contributed by atoms with Crippen molar-refractivity contribution in [2.24, 2.45) is 0 Å². The van der Waals surface area contributed by atoms with E-state index in [9.17, 15) is 4.39 Å². The van der Waals surface area contributed by atoms with E-state index in [0.29, 0.717) is 36.0 Å². The zero-order chi connectivity index (χ0) is 23.5. The van der Waals surface area contributed by atoms with Crippen LogP contribution in [0.5, 0.6) is 0 Å². The maximum Gasteiger partial charge on any atom is 0.183 e. The molecule has 0 atom stereocenters. The van der Waals surface area contributed by atoms with Crippen molar-refractivity contribution in [2.45, 2.75) is 20.0 Å². The summed E-state index contributed by atoms with van der Waals surface area (Å²) in [6.45, 7) is 6.68. The second-order valence-corrected chi connectivity index (χ2v) is 7.95. The second-order valence-electron chi connectivity index (χ2n) is 7.95. The molecule has 1 N–H and O–H groups in total. The fourth-order valence-corrected chi connectivity index (χ4v) is 3.92. The Morgan fingerprint density at radius 3 is 2.62 bits per heavy atom. The van der Waals surface area contributed by atoms with Gasteiger partial charge >= 0.3 is 0 Å². The highest BCUT2D eigenvalue weighted by atomic mass is 19.1. The smallest absolute Gasteiger partial charge is 0.183 e. The number of hydrogen-bond donors (Lipinski definition) is 1. The lowest BCUT2D eigenvalue weighted by atomic mass is 10.1. The van der Waals surface area contributed by atoms with Crippen molar-refractivity contribution in [3.8, 4) is 11.5 Å². The number of fused-ring (bicyclic) bond motifs is 1. The van der Waals surface area contributed by atoms with Crippen molar-refractivity contribution in [1.82, 2.24) is 24.7 Å². The number of anilines is 1. The Morgan fingerprint density at radius 2 is 1.79 bits per heavy atom. The SMILES string of the molecule is C=Cc1ccccc1Cn1nc(-c2nc(C)cc(NCc3ccccc3F)n2)c2cccnc21. The molecule has 34 heavy (non-hydrogen) atoms. The molecule has 2 aromatic carbocycles. The second kappa shape index (κ2) is 9.23. The summed E-state index contributed by atoms with van der Waals surface area (Å²) in [6.07, 6.45) is 3.59. The zero-order valence-electron chi connectivity index (χ0n) is 18.7. The van der Waals surface area contributed by atoms with Gasteiger partial charge in [-0.2, -0.15) is 5.10 Å². The van der Waals surface area contributed by atoms with Gasteiger partial charge < -0.3 is 5.32 Å². The quantitative estimate of drug-likeness (QED) is 0.348. The Balaban J connectivity index is 1.52. The number of hydrogen-bond acceptors (Lipinski definition) is 5. The van der Waals surface area contributed by atoms with E-state index < -0.39 is 0 Å². The maximum atomic E-state index is 14.0. The first kappa shape index (κ1) is 21.5. The van der Waals surface area contributed by atoms with Crippen molar-refractivity contribution in [1.29, 1.82) is 0 Å². The van der Waals surface area contributed by atoms with Crippen molar-refractivity contribution in [2.75, 3.05) is 5.32 Å². The molecule has 5 aromatic rings. The van der Waals surface area contributed by atoms with Gasteiger partial charge in [0.15, 0.2) is 11.5 Å². The van der Waals surface area contributed by atoms with E-state index in [4.69, 9.17) is 5.10 Å². The van der Waals surface area contributed by atoms with E-state index in [-0.39, 0.29) is 5.82 Å². The number of pyridine rings is 1. The molecule has 6 nitrogen and oxygen atoms in total. The fourth-order valence-electron chi connectivity index (χ4n) is 3.92. The first-order valence-electron chi connectivity index (χ1n) is 11.0. The minimum atomic E-state index is -0.253. The van der Waals surface area contributed by atoms with Crippen molar-refractivity contribution in [3.05, 3.63) is 108 Å². The molecule has 5 rings (SSSR count). The van der Waals surface area contributed by atoms with E-state index in [1.54, 1.807) is 18.3 Å². The minimum Gasteiger partial charge on any atom is -0.366 e. The molecule has 0 aliphatic heterocycles. The van der Waals surface area contributed by atoms with E-state index in [1.165, 1.54) is 6.07 Å². The van der Waals surface area contributed by atoms with Crippen LogP contribution >= 0.6 is 0 Å². The highest BCUT2D eigenvalue weighted by Gasteiger charge is 2.17. The van der Waals surface area contributed by atoms with Crippen LogP contribution in [-0.4, -0.2) is 24.7 Å². The van der Waals surface area contributed by atoms with Crippen LogP contribution in [0, 0.1) is 12.7 Å². The topological polar surface area (TPSA) is 68.5 Å². The molecule has 0 unspecified atom stereocenters. The summed E-state index contributed by atoms with van der Waals surface area (Å²) in [7, 11) is 0. The number of benzene rings is 2. The number of nitrogens with one attached hydrogen (secondary N) is 1. The Labute approximate surface area is 196 Å². The molecule has 0 aliphatic carbocycles. The summed E-state index contributed by atoms with van der Waals surface area (Å²) < 4.78 is 15.9. The Hall–Kier alpha value is -4.39. The van der Waals surface area contributed by atoms with Crippen LogP contribution in [0.2, 0.25) is 0 Å². The van der Waals surface area contributed by atoms with Gasteiger partial charge in [-0.05, 0) is 36.2 Å². The van der Waals surface area contributed by atoms with Gasteiger partial charge in [0.2, 0.25) is 0 Å². The fraction of sp³-hybridized carbons (Fsp3) is 0.111. The molecule has 0 radical (unpaired) electrons. The van der Waals surface area contributed by atoms with Gasteiger partial charge in [0.1, 0.15) is 17.3 Å². The molecule has 0 spiro atoms. The first-order chi connectivity index (χ1) is 16.6. The van der Waals surface area contributed by atoms with Crippen molar-refractivity contribution < 1.29 is 4.39 Å². The van der Waals surface area contributed by atoms with Crippen LogP contribution in [0.25, 0.3) is 28.6 Å². The van der Waals surface area contributed by atoms with Crippen molar-refractivity contribution in [3.63, 3.8) is 0 Å². The van der Waals surface area contributed by atoms with E-state index in [2.05, 4.69) is 32.9 Å². The summed E-state index contributed by atoms with van der Waals surface area (Å²) in [4.78, 5) is 13.9. The van der Waals surface area contributed by atoms with Crippen LogP contribution in [-0.2, 0) is 13.1 Å². The van der Waals surface area contributed by atoms with Gasteiger partial charge in [-0.1, -0.05) is 55.1 Å². The third kappa shape index (κ3) is 4.28. The van der Waals surface area contributed by atoms with Gasteiger partial charge in [0.05, 0.1) is 11.9 Å². The van der Waals surface area contributed by atoms with Crippen LogP contribution in [0.1, 0.15) is 22.4 Å². The molecule has 0 saturated heterocycles. The average Bonchev–Trinajstić information content (AvgIpc) is 3.22. The molecule has 0 saturated carbocycles. The number of halogens is 1. The van der Waals surface area contributed by atoms with E-state index in [0.717, 1.165) is 27.9 Å². The molecule has 0 bridgehead atoms. The van der Waals surface area contributed by atoms with Gasteiger partial charge in [0.25, 0.3) is 0 Å². The third-order valence-electron chi connectivity index (χ3n) is 5.59. The summed E-state index contributed by atoms with van der Waals surface area (Å²) >= 11 is 0.